The molecule has 0 amide bonds. The molecule has 0 saturated heterocycles. The number of hydrogen-bond acceptors (Lipinski definition) is 1. The van der Waals surface area contributed by atoms with Crippen LogP contribution in [0, 0.1) is 6.92 Å². The van der Waals surface area contributed by atoms with Gasteiger partial charge in [-0.2, -0.15) is 0 Å². The fourth-order valence-electron chi connectivity index (χ4n) is 1.80. The van der Waals surface area contributed by atoms with Crippen LogP contribution in [-0.2, 0) is 6.42 Å². The van der Waals surface area contributed by atoms with Crippen molar-refractivity contribution < 1.29 is 0 Å². The van der Waals surface area contributed by atoms with Gasteiger partial charge < -0.3 is 11.1 Å². The number of rotatable bonds is 3. The molecule has 0 saturated carbocycles. The van der Waals surface area contributed by atoms with E-state index < -0.39 is 0 Å². The molecule has 2 aromatic rings. The van der Waals surface area contributed by atoms with Crippen LogP contribution in [0.3, 0.4) is 0 Å². The van der Waals surface area contributed by atoms with Gasteiger partial charge in [0.05, 0.1) is 5.69 Å². The largest absolute Gasteiger partial charge is 0.369 e. The monoisotopic (exact) mass is 253 g/mol. The third-order valence-corrected chi connectivity index (χ3v) is 2.89. The van der Waals surface area contributed by atoms with Gasteiger partial charge in [0.2, 0.25) is 0 Å². The van der Waals surface area contributed by atoms with E-state index in [4.69, 9.17) is 5.73 Å². The van der Waals surface area contributed by atoms with Crippen LogP contribution in [0.5, 0.6) is 0 Å². The lowest BCUT2D eigenvalue weighted by atomic mass is 10.1. The molecule has 98 valence electrons. The first kappa shape index (κ1) is 13.1. The SMILES string of the molecule is CCc1cccc(NC(N)=Nc2ccc(C)cc2)c1. The molecule has 0 aromatic heterocycles. The molecule has 0 aliphatic rings. The summed E-state index contributed by atoms with van der Waals surface area (Å²) < 4.78 is 0. The predicted molar refractivity (Wildman–Crippen MR) is 81.9 cm³/mol. The van der Waals surface area contributed by atoms with Gasteiger partial charge in [-0.1, -0.05) is 36.8 Å². The van der Waals surface area contributed by atoms with Gasteiger partial charge in [0, 0.05) is 5.69 Å². The summed E-state index contributed by atoms with van der Waals surface area (Å²) in [5, 5.41) is 3.11. The molecule has 3 N–H and O–H groups in total. The van der Waals surface area contributed by atoms with Crippen LogP contribution in [0.4, 0.5) is 11.4 Å². The van der Waals surface area contributed by atoms with Crippen LogP contribution < -0.4 is 11.1 Å². The van der Waals surface area contributed by atoms with Crippen LogP contribution in [0.15, 0.2) is 53.5 Å². The van der Waals surface area contributed by atoms with Crippen LogP contribution in [-0.4, -0.2) is 5.96 Å². The number of nitrogens with one attached hydrogen (secondary N) is 1. The van der Waals surface area contributed by atoms with E-state index in [1.165, 1.54) is 11.1 Å². The van der Waals surface area contributed by atoms with Crippen LogP contribution in [0.1, 0.15) is 18.1 Å². The Bertz CT molecular complexity index is 571. The summed E-state index contributed by atoms with van der Waals surface area (Å²) in [5.74, 6) is 0.400. The Labute approximate surface area is 114 Å². The summed E-state index contributed by atoms with van der Waals surface area (Å²) in [5.41, 5.74) is 10.2. The zero-order valence-corrected chi connectivity index (χ0v) is 11.4. The zero-order chi connectivity index (χ0) is 13.7. The standard InChI is InChI=1S/C16H19N3/c1-3-13-5-4-6-15(11-13)19-16(17)18-14-9-7-12(2)8-10-14/h4-11H,3H2,1-2H3,(H3,17,18,19). The van der Waals surface area contributed by atoms with Crippen molar-refractivity contribution in [2.24, 2.45) is 10.7 Å². The highest BCUT2D eigenvalue weighted by molar-refractivity contribution is 5.94. The van der Waals surface area contributed by atoms with Crippen molar-refractivity contribution in [1.82, 2.24) is 0 Å². The Morgan fingerprint density at radius 2 is 1.89 bits per heavy atom. The third-order valence-electron chi connectivity index (χ3n) is 2.89. The first-order valence-corrected chi connectivity index (χ1v) is 6.44. The lowest BCUT2D eigenvalue weighted by molar-refractivity contribution is 1.14. The molecule has 3 nitrogen and oxygen atoms in total. The van der Waals surface area contributed by atoms with Crippen LogP contribution in [0.25, 0.3) is 0 Å². The van der Waals surface area contributed by atoms with Crippen LogP contribution >= 0.6 is 0 Å². The number of hydrogen-bond donors (Lipinski definition) is 2. The molecule has 3 heteroatoms. The maximum Gasteiger partial charge on any atom is 0.198 e. The van der Waals surface area contributed by atoms with Crippen molar-refractivity contribution in [2.45, 2.75) is 20.3 Å². The molecule has 0 aliphatic heterocycles. The molecule has 19 heavy (non-hydrogen) atoms. The van der Waals surface area contributed by atoms with E-state index in [9.17, 15) is 0 Å². The minimum absolute atomic E-state index is 0.400. The van der Waals surface area contributed by atoms with Gasteiger partial charge in [0.15, 0.2) is 5.96 Å². The minimum atomic E-state index is 0.400. The van der Waals surface area contributed by atoms with Crippen molar-refractivity contribution >= 4 is 17.3 Å². The summed E-state index contributed by atoms with van der Waals surface area (Å²) >= 11 is 0. The Balaban J connectivity index is 2.11. The van der Waals surface area contributed by atoms with Gasteiger partial charge in [-0.05, 0) is 43.2 Å². The molecule has 0 radical (unpaired) electrons. The number of anilines is 1. The van der Waals surface area contributed by atoms with Gasteiger partial charge in [0.25, 0.3) is 0 Å². The molecular formula is C16H19N3. The van der Waals surface area contributed by atoms with E-state index in [1.54, 1.807) is 0 Å². The smallest absolute Gasteiger partial charge is 0.198 e. The van der Waals surface area contributed by atoms with E-state index >= 15 is 0 Å². The van der Waals surface area contributed by atoms with Gasteiger partial charge in [-0.25, -0.2) is 4.99 Å². The fraction of sp³-hybridized carbons (Fsp3) is 0.188. The highest BCUT2D eigenvalue weighted by atomic mass is 15.1. The predicted octanol–water partition coefficient (Wildman–Crippen LogP) is 3.62. The van der Waals surface area contributed by atoms with Crippen molar-refractivity contribution in [1.29, 1.82) is 0 Å². The molecule has 0 spiro atoms. The number of guanidine groups is 1. The summed E-state index contributed by atoms with van der Waals surface area (Å²) in [6.07, 6.45) is 1.00. The maximum atomic E-state index is 5.91. The average Bonchev–Trinajstić information content (AvgIpc) is 2.41. The number of nitrogens with two attached hydrogens (primary N) is 1. The Hall–Kier alpha value is -2.29. The molecule has 0 unspecified atom stereocenters. The lowest BCUT2D eigenvalue weighted by Gasteiger charge is -2.07. The second-order valence-corrected chi connectivity index (χ2v) is 4.51. The molecular weight excluding hydrogens is 234 g/mol. The summed E-state index contributed by atoms with van der Waals surface area (Å²) in [6.45, 7) is 4.17. The second-order valence-electron chi connectivity index (χ2n) is 4.51. The van der Waals surface area contributed by atoms with Gasteiger partial charge in [-0.15, -0.1) is 0 Å². The topological polar surface area (TPSA) is 50.4 Å². The van der Waals surface area contributed by atoms with Crippen molar-refractivity contribution in [2.75, 3.05) is 5.32 Å². The van der Waals surface area contributed by atoms with Crippen molar-refractivity contribution in [3.8, 4) is 0 Å². The maximum absolute atomic E-state index is 5.91. The van der Waals surface area contributed by atoms with Gasteiger partial charge in [0.1, 0.15) is 0 Å². The quantitative estimate of drug-likeness (QED) is 0.648. The van der Waals surface area contributed by atoms with Crippen molar-refractivity contribution in [3.63, 3.8) is 0 Å². The fourth-order valence-corrected chi connectivity index (χ4v) is 1.80. The minimum Gasteiger partial charge on any atom is -0.369 e. The van der Waals surface area contributed by atoms with E-state index in [-0.39, 0.29) is 0 Å². The first-order valence-electron chi connectivity index (χ1n) is 6.44. The third kappa shape index (κ3) is 3.85. The Morgan fingerprint density at radius 3 is 2.58 bits per heavy atom. The molecule has 0 atom stereocenters. The Kier molecular flexibility index (Phi) is 4.18. The first-order chi connectivity index (χ1) is 9.17. The highest BCUT2D eigenvalue weighted by Gasteiger charge is 1.97. The molecule has 2 rings (SSSR count). The normalized spacial score (nSPS) is 11.4. The molecule has 0 aliphatic carbocycles. The summed E-state index contributed by atoms with van der Waals surface area (Å²) in [4.78, 5) is 4.33. The molecule has 0 bridgehead atoms. The van der Waals surface area contributed by atoms with E-state index in [1.807, 2.05) is 43.3 Å². The van der Waals surface area contributed by atoms with Crippen molar-refractivity contribution in [3.05, 3.63) is 59.7 Å². The lowest BCUT2D eigenvalue weighted by Crippen LogP contribution is -2.21. The molecule has 2 aromatic carbocycles. The number of nitrogens with zero attached hydrogens (tertiary/aromatic N) is 1. The number of benzene rings is 2. The summed E-state index contributed by atoms with van der Waals surface area (Å²) in [7, 11) is 0. The zero-order valence-electron chi connectivity index (χ0n) is 11.4. The summed E-state index contributed by atoms with van der Waals surface area (Å²) in [6, 6.07) is 16.1. The number of aliphatic imine (C=N–C) groups is 1. The second kappa shape index (κ2) is 6.05. The average molecular weight is 253 g/mol. The van der Waals surface area contributed by atoms with E-state index in [2.05, 4.69) is 29.4 Å². The Morgan fingerprint density at radius 1 is 1.16 bits per heavy atom. The van der Waals surface area contributed by atoms with Crippen LogP contribution in [0.2, 0.25) is 0 Å². The van der Waals surface area contributed by atoms with E-state index in [0.29, 0.717) is 5.96 Å². The number of aryl methyl sites for hydroxylation is 2. The highest BCUT2D eigenvalue weighted by Crippen LogP contribution is 2.14. The molecule has 0 fully saturated rings. The van der Waals surface area contributed by atoms with Gasteiger partial charge >= 0.3 is 0 Å². The van der Waals surface area contributed by atoms with E-state index in [0.717, 1.165) is 17.8 Å². The van der Waals surface area contributed by atoms with Gasteiger partial charge in [-0.3, -0.25) is 0 Å². The molecule has 0 heterocycles.